The molecule has 0 saturated heterocycles. The van der Waals surface area contributed by atoms with Crippen molar-refractivity contribution in [2.75, 3.05) is 0 Å². The summed E-state index contributed by atoms with van der Waals surface area (Å²) in [6.07, 6.45) is 3.22. The van der Waals surface area contributed by atoms with Gasteiger partial charge in [-0.2, -0.15) is 0 Å². The largest absolute Gasteiger partial charge is 0.481 e. The minimum absolute atomic E-state index is 0. The van der Waals surface area contributed by atoms with Crippen LogP contribution in [0.4, 0.5) is 0 Å². The van der Waals surface area contributed by atoms with Gasteiger partial charge < -0.3 is 5.11 Å². The van der Waals surface area contributed by atoms with Crippen molar-refractivity contribution in [2.24, 2.45) is 0 Å². The van der Waals surface area contributed by atoms with Crippen LogP contribution in [0.3, 0.4) is 0 Å². The molecule has 0 bridgehead atoms. The summed E-state index contributed by atoms with van der Waals surface area (Å²) >= 11 is 0. The molecule has 0 aromatic carbocycles. The van der Waals surface area contributed by atoms with Gasteiger partial charge >= 0.3 is 5.97 Å². The van der Waals surface area contributed by atoms with Crippen LogP contribution in [-0.2, 0) is 11.2 Å². The third-order valence-corrected chi connectivity index (χ3v) is 1.08. The smallest absolute Gasteiger partial charge is 0.307 e. The zero-order valence-corrected chi connectivity index (χ0v) is 8.32. The van der Waals surface area contributed by atoms with E-state index in [-0.39, 0.29) is 36.0 Å². The van der Waals surface area contributed by atoms with Crippen molar-refractivity contribution < 1.29 is 9.90 Å². The van der Waals surface area contributed by atoms with E-state index in [2.05, 4.69) is 4.98 Å². The third kappa shape index (κ3) is 4.14. The minimum atomic E-state index is -0.826. The van der Waals surface area contributed by atoms with Crippen molar-refractivity contribution in [3.8, 4) is 0 Å². The van der Waals surface area contributed by atoms with Crippen molar-refractivity contribution in [3.05, 3.63) is 30.1 Å². The number of carbonyl (C=O) groups is 1. The van der Waals surface area contributed by atoms with Crippen molar-refractivity contribution in [3.63, 3.8) is 0 Å². The molecule has 0 aliphatic heterocycles. The molecule has 1 heterocycles. The third-order valence-electron chi connectivity index (χ3n) is 1.08. The Balaban J connectivity index is 0.000001000. The number of aromatic nitrogens is 1. The summed E-state index contributed by atoms with van der Waals surface area (Å²) in [6.45, 7) is 0. The van der Waals surface area contributed by atoms with Gasteiger partial charge in [-0.15, -0.1) is 0 Å². The molecule has 0 aliphatic carbocycles. The summed E-state index contributed by atoms with van der Waals surface area (Å²) < 4.78 is 0. The van der Waals surface area contributed by atoms with Gasteiger partial charge in [0.1, 0.15) is 0 Å². The number of nitrogens with zero attached hydrogens (tertiary/aromatic N) is 1. The van der Waals surface area contributed by atoms with Crippen molar-refractivity contribution in [1.82, 2.24) is 4.98 Å². The van der Waals surface area contributed by atoms with Crippen molar-refractivity contribution in [1.29, 1.82) is 0 Å². The second-order valence-corrected chi connectivity index (χ2v) is 1.93. The van der Waals surface area contributed by atoms with Crippen LogP contribution in [0.15, 0.2) is 24.5 Å². The topological polar surface area (TPSA) is 50.2 Å². The van der Waals surface area contributed by atoms with Crippen LogP contribution >= 0.6 is 0 Å². The first-order valence-corrected chi connectivity index (χ1v) is 2.90. The summed E-state index contributed by atoms with van der Waals surface area (Å²) in [7, 11) is 0. The Morgan fingerprint density at radius 2 is 2.36 bits per heavy atom. The molecule has 0 aliphatic rings. The summed E-state index contributed by atoms with van der Waals surface area (Å²) in [6, 6.07) is 3.46. The van der Waals surface area contributed by atoms with Gasteiger partial charge in [0.2, 0.25) is 0 Å². The van der Waals surface area contributed by atoms with Crippen LogP contribution in [0.25, 0.3) is 0 Å². The van der Waals surface area contributed by atoms with E-state index in [1.807, 2.05) is 0 Å². The molecule has 0 amide bonds. The second kappa shape index (κ2) is 5.29. The predicted octanol–water partition coefficient (Wildman–Crippen LogP) is 0.328. The fraction of sp³-hybridized carbons (Fsp3) is 0.143. The van der Waals surface area contributed by atoms with E-state index in [0.29, 0.717) is 0 Å². The Morgan fingerprint density at radius 3 is 2.82 bits per heavy atom. The number of hydrogen-bond donors (Lipinski definition) is 1. The number of carboxylic acids is 1. The van der Waals surface area contributed by atoms with Crippen LogP contribution in [-0.4, -0.2) is 45.6 Å². The van der Waals surface area contributed by atoms with Crippen LogP contribution in [0.5, 0.6) is 0 Å². The summed E-state index contributed by atoms with van der Waals surface area (Å²) in [4.78, 5) is 13.9. The maximum absolute atomic E-state index is 10.1. The summed E-state index contributed by atoms with van der Waals surface area (Å²) in [5, 5.41) is 8.34. The first-order valence-electron chi connectivity index (χ1n) is 2.90. The molecule has 4 heteroatoms. The number of hydrogen-bond acceptors (Lipinski definition) is 2. The quantitative estimate of drug-likeness (QED) is 0.634. The molecule has 53 valence electrons. The zero-order valence-electron chi connectivity index (χ0n) is 6.32. The molecular formula is C7H7NNaO2. The molecule has 0 fully saturated rings. The Labute approximate surface area is 86.8 Å². The van der Waals surface area contributed by atoms with E-state index in [1.54, 1.807) is 24.5 Å². The Bertz CT molecular complexity index is 225. The Morgan fingerprint density at radius 1 is 1.64 bits per heavy atom. The average molecular weight is 160 g/mol. The van der Waals surface area contributed by atoms with E-state index < -0.39 is 5.97 Å². The minimum Gasteiger partial charge on any atom is -0.481 e. The van der Waals surface area contributed by atoms with Gasteiger partial charge in [0.15, 0.2) is 0 Å². The molecule has 1 rings (SSSR count). The second-order valence-electron chi connectivity index (χ2n) is 1.93. The summed E-state index contributed by atoms with van der Waals surface area (Å²) in [5.74, 6) is -0.826. The fourth-order valence-corrected chi connectivity index (χ4v) is 0.677. The van der Waals surface area contributed by atoms with Gasteiger partial charge in [-0.1, -0.05) is 6.07 Å². The predicted molar refractivity (Wildman–Crippen MR) is 41.3 cm³/mol. The van der Waals surface area contributed by atoms with E-state index in [1.165, 1.54) is 0 Å². The molecule has 0 atom stereocenters. The normalized spacial score (nSPS) is 8.36. The van der Waals surface area contributed by atoms with Gasteiger partial charge in [-0.3, -0.25) is 9.78 Å². The van der Waals surface area contributed by atoms with Gasteiger partial charge in [-0.25, -0.2) is 0 Å². The van der Waals surface area contributed by atoms with E-state index in [4.69, 9.17) is 5.11 Å². The monoisotopic (exact) mass is 160 g/mol. The van der Waals surface area contributed by atoms with Gasteiger partial charge in [0, 0.05) is 42.0 Å². The van der Waals surface area contributed by atoms with Crippen LogP contribution in [0, 0.1) is 0 Å². The summed E-state index contributed by atoms with van der Waals surface area (Å²) in [5.41, 5.74) is 0.731. The zero-order chi connectivity index (χ0) is 7.40. The molecule has 1 N–H and O–H groups in total. The molecule has 3 nitrogen and oxygen atoms in total. The maximum atomic E-state index is 10.1. The molecule has 1 radical (unpaired) electrons. The number of carboxylic acid groups (broad SMARTS) is 1. The molecule has 0 spiro atoms. The van der Waals surface area contributed by atoms with Crippen LogP contribution < -0.4 is 0 Å². The Hall–Kier alpha value is -0.380. The van der Waals surface area contributed by atoms with Crippen LogP contribution in [0.1, 0.15) is 5.56 Å². The molecule has 0 saturated carbocycles. The molecule has 1 aromatic heterocycles. The standard InChI is InChI=1S/C7H7NO2.Na/c9-7(10)4-6-2-1-3-8-5-6;/h1-3,5H,4H2,(H,9,10);. The first-order chi connectivity index (χ1) is 4.79. The molecule has 0 unspecified atom stereocenters. The molecule has 1 aromatic rings. The fourth-order valence-electron chi connectivity index (χ4n) is 0.677. The van der Waals surface area contributed by atoms with E-state index in [9.17, 15) is 4.79 Å². The number of pyridine rings is 1. The first kappa shape index (κ1) is 10.6. The molecule has 11 heavy (non-hydrogen) atoms. The van der Waals surface area contributed by atoms with Crippen LogP contribution in [0.2, 0.25) is 0 Å². The van der Waals surface area contributed by atoms with Gasteiger partial charge in [-0.05, 0) is 11.6 Å². The van der Waals surface area contributed by atoms with Crippen molar-refractivity contribution >= 4 is 35.5 Å². The SMILES string of the molecule is O=C(O)Cc1cccnc1.[Na]. The van der Waals surface area contributed by atoms with Gasteiger partial charge in [0.05, 0.1) is 6.42 Å². The van der Waals surface area contributed by atoms with E-state index >= 15 is 0 Å². The molecular weight excluding hydrogens is 153 g/mol. The van der Waals surface area contributed by atoms with E-state index in [0.717, 1.165) is 5.56 Å². The Kier molecular flexibility index (Phi) is 5.11. The van der Waals surface area contributed by atoms with Gasteiger partial charge in [0.25, 0.3) is 0 Å². The van der Waals surface area contributed by atoms with Crippen molar-refractivity contribution in [2.45, 2.75) is 6.42 Å². The maximum Gasteiger partial charge on any atom is 0.307 e. The number of rotatable bonds is 2. The number of aliphatic carboxylic acids is 1. The average Bonchev–Trinajstić information content (AvgIpc) is 1.88.